The molecular formula is C19H34N2. The maximum absolute atomic E-state index is 3.67. The Morgan fingerprint density at radius 3 is 2.33 bits per heavy atom. The van der Waals surface area contributed by atoms with Crippen molar-refractivity contribution in [3.63, 3.8) is 0 Å². The van der Waals surface area contributed by atoms with Gasteiger partial charge in [-0.2, -0.15) is 0 Å². The highest BCUT2D eigenvalue weighted by Gasteiger charge is 2.25. The van der Waals surface area contributed by atoms with Gasteiger partial charge in [-0.1, -0.05) is 43.7 Å². The standard InChI is InChI=1S/C19H34N2/c1-8-19(6,14-20-18(3,4)5)15-21(7)13-17-11-9-10-16(2)12-17/h9-12,20H,8,13-15H2,1-7H3. The molecule has 1 atom stereocenters. The second-order valence-corrected chi connectivity index (χ2v) is 7.93. The third-order valence-electron chi connectivity index (χ3n) is 4.09. The van der Waals surface area contributed by atoms with Crippen molar-refractivity contribution in [2.75, 3.05) is 20.1 Å². The zero-order valence-electron chi connectivity index (χ0n) is 15.1. The molecule has 0 saturated heterocycles. The number of benzene rings is 1. The van der Waals surface area contributed by atoms with E-state index in [9.17, 15) is 0 Å². The van der Waals surface area contributed by atoms with Crippen LogP contribution < -0.4 is 5.32 Å². The van der Waals surface area contributed by atoms with Crippen LogP contribution >= 0.6 is 0 Å². The van der Waals surface area contributed by atoms with E-state index in [-0.39, 0.29) is 5.54 Å². The van der Waals surface area contributed by atoms with Gasteiger partial charge < -0.3 is 10.2 Å². The van der Waals surface area contributed by atoms with Crippen LogP contribution in [0.3, 0.4) is 0 Å². The van der Waals surface area contributed by atoms with Crippen LogP contribution in [0.25, 0.3) is 0 Å². The number of nitrogens with zero attached hydrogens (tertiary/aromatic N) is 1. The van der Waals surface area contributed by atoms with Gasteiger partial charge in [-0.3, -0.25) is 0 Å². The van der Waals surface area contributed by atoms with Crippen molar-refractivity contribution in [2.45, 2.75) is 60.0 Å². The molecule has 1 N–H and O–H groups in total. The predicted octanol–water partition coefficient (Wildman–Crippen LogP) is 4.23. The normalized spacial score (nSPS) is 15.2. The largest absolute Gasteiger partial charge is 0.311 e. The third kappa shape index (κ3) is 7.10. The summed E-state index contributed by atoms with van der Waals surface area (Å²) in [4.78, 5) is 2.45. The quantitative estimate of drug-likeness (QED) is 0.808. The van der Waals surface area contributed by atoms with E-state index < -0.39 is 0 Å². The van der Waals surface area contributed by atoms with Crippen LogP contribution in [0, 0.1) is 12.3 Å². The molecule has 0 aliphatic rings. The molecule has 0 spiro atoms. The van der Waals surface area contributed by atoms with E-state index in [0.29, 0.717) is 5.41 Å². The summed E-state index contributed by atoms with van der Waals surface area (Å²) in [5, 5.41) is 3.67. The zero-order valence-corrected chi connectivity index (χ0v) is 15.1. The summed E-state index contributed by atoms with van der Waals surface area (Å²) >= 11 is 0. The van der Waals surface area contributed by atoms with E-state index >= 15 is 0 Å². The average molecular weight is 290 g/mol. The summed E-state index contributed by atoms with van der Waals surface area (Å²) < 4.78 is 0. The van der Waals surface area contributed by atoms with Gasteiger partial charge in [0.2, 0.25) is 0 Å². The van der Waals surface area contributed by atoms with Crippen LogP contribution in [0.2, 0.25) is 0 Å². The van der Waals surface area contributed by atoms with E-state index in [0.717, 1.165) is 19.6 Å². The first-order valence-electron chi connectivity index (χ1n) is 8.13. The maximum Gasteiger partial charge on any atom is 0.0231 e. The van der Waals surface area contributed by atoms with Crippen molar-refractivity contribution in [3.8, 4) is 0 Å². The molecule has 2 nitrogen and oxygen atoms in total. The fourth-order valence-corrected chi connectivity index (χ4v) is 2.60. The monoisotopic (exact) mass is 290 g/mol. The molecule has 1 aromatic rings. The molecule has 0 aromatic heterocycles. The molecule has 0 aliphatic carbocycles. The molecule has 1 rings (SSSR count). The van der Waals surface area contributed by atoms with Gasteiger partial charge in [0.05, 0.1) is 0 Å². The molecule has 1 unspecified atom stereocenters. The Morgan fingerprint density at radius 1 is 1.14 bits per heavy atom. The molecule has 0 bridgehead atoms. The highest BCUT2D eigenvalue weighted by Crippen LogP contribution is 2.23. The zero-order chi connectivity index (χ0) is 16.1. The van der Waals surface area contributed by atoms with Gasteiger partial charge >= 0.3 is 0 Å². The van der Waals surface area contributed by atoms with Gasteiger partial charge in [0.25, 0.3) is 0 Å². The predicted molar refractivity (Wildman–Crippen MR) is 93.7 cm³/mol. The molecule has 120 valence electrons. The van der Waals surface area contributed by atoms with Gasteiger partial charge in [0.15, 0.2) is 0 Å². The fraction of sp³-hybridized carbons (Fsp3) is 0.684. The van der Waals surface area contributed by atoms with Crippen molar-refractivity contribution in [1.82, 2.24) is 10.2 Å². The van der Waals surface area contributed by atoms with Crippen LogP contribution in [-0.2, 0) is 6.54 Å². The summed E-state index contributed by atoms with van der Waals surface area (Å²) in [7, 11) is 2.23. The minimum atomic E-state index is 0.186. The summed E-state index contributed by atoms with van der Waals surface area (Å²) in [6, 6.07) is 8.82. The number of aryl methyl sites for hydroxylation is 1. The van der Waals surface area contributed by atoms with E-state index in [1.807, 2.05) is 0 Å². The molecule has 0 saturated carbocycles. The fourth-order valence-electron chi connectivity index (χ4n) is 2.60. The summed E-state index contributed by atoms with van der Waals surface area (Å²) in [5.74, 6) is 0. The van der Waals surface area contributed by atoms with Crippen LogP contribution in [0.1, 0.15) is 52.2 Å². The van der Waals surface area contributed by atoms with Crippen molar-refractivity contribution >= 4 is 0 Å². The molecule has 1 aromatic carbocycles. The molecule has 0 heterocycles. The first kappa shape index (κ1) is 18.2. The number of nitrogens with one attached hydrogen (secondary N) is 1. The topological polar surface area (TPSA) is 15.3 Å². The van der Waals surface area contributed by atoms with Gasteiger partial charge in [-0.25, -0.2) is 0 Å². The molecule has 0 aliphatic heterocycles. The Balaban J connectivity index is 2.59. The summed E-state index contributed by atoms with van der Waals surface area (Å²) in [6.07, 6.45) is 1.19. The van der Waals surface area contributed by atoms with Gasteiger partial charge in [-0.15, -0.1) is 0 Å². The Bertz CT molecular complexity index is 433. The summed E-state index contributed by atoms with van der Waals surface area (Å²) in [5.41, 5.74) is 3.24. The molecule has 0 fully saturated rings. The Hall–Kier alpha value is -0.860. The van der Waals surface area contributed by atoms with Gasteiger partial charge in [0.1, 0.15) is 0 Å². The number of hydrogen-bond donors (Lipinski definition) is 1. The second kappa shape index (κ2) is 7.42. The lowest BCUT2D eigenvalue weighted by Gasteiger charge is -2.36. The van der Waals surface area contributed by atoms with Gasteiger partial charge in [-0.05, 0) is 52.1 Å². The first-order chi connectivity index (χ1) is 9.63. The highest BCUT2D eigenvalue weighted by atomic mass is 15.1. The molecule has 21 heavy (non-hydrogen) atoms. The first-order valence-corrected chi connectivity index (χ1v) is 8.13. The Morgan fingerprint density at radius 2 is 1.81 bits per heavy atom. The minimum absolute atomic E-state index is 0.186. The van der Waals surface area contributed by atoms with Crippen molar-refractivity contribution < 1.29 is 0 Å². The maximum atomic E-state index is 3.67. The SMILES string of the molecule is CCC(C)(CNC(C)(C)C)CN(C)Cc1cccc(C)c1. The van der Waals surface area contributed by atoms with Crippen LogP contribution in [0.15, 0.2) is 24.3 Å². The minimum Gasteiger partial charge on any atom is -0.311 e. The Labute approximate surface area is 131 Å². The van der Waals surface area contributed by atoms with E-state index in [1.54, 1.807) is 0 Å². The number of rotatable bonds is 7. The molecule has 0 amide bonds. The smallest absolute Gasteiger partial charge is 0.0231 e. The van der Waals surface area contributed by atoms with Crippen molar-refractivity contribution in [2.24, 2.45) is 5.41 Å². The van der Waals surface area contributed by atoms with Crippen LogP contribution in [0.5, 0.6) is 0 Å². The average Bonchev–Trinajstić information content (AvgIpc) is 2.35. The number of hydrogen-bond acceptors (Lipinski definition) is 2. The van der Waals surface area contributed by atoms with Crippen LogP contribution in [0.4, 0.5) is 0 Å². The van der Waals surface area contributed by atoms with Crippen LogP contribution in [-0.4, -0.2) is 30.6 Å². The van der Waals surface area contributed by atoms with Crippen molar-refractivity contribution in [3.05, 3.63) is 35.4 Å². The van der Waals surface area contributed by atoms with Crippen molar-refractivity contribution in [1.29, 1.82) is 0 Å². The molecule has 0 radical (unpaired) electrons. The second-order valence-electron chi connectivity index (χ2n) is 7.93. The Kier molecular flexibility index (Phi) is 6.42. The molecular weight excluding hydrogens is 256 g/mol. The van der Waals surface area contributed by atoms with E-state index in [1.165, 1.54) is 17.5 Å². The lowest BCUT2D eigenvalue weighted by molar-refractivity contribution is 0.164. The van der Waals surface area contributed by atoms with Gasteiger partial charge in [0, 0.05) is 25.2 Å². The molecule has 2 heteroatoms. The third-order valence-corrected chi connectivity index (χ3v) is 4.09. The van der Waals surface area contributed by atoms with E-state index in [4.69, 9.17) is 0 Å². The lowest BCUT2D eigenvalue weighted by atomic mass is 9.86. The highest BCUT2D eigenvalue weighted by molar-refractivity contribution is 5.22. The summed E-state index contributed by atoms with van der Waals surface area (Å²) in [6.45, 7) is 16.7. The van der Waals surface area contributed by atoms with E-state index in [2.05, 4.69) is 83.1 Å². The lowest BCUT2D eigenvalue weighted by Crippen LogP contribution is -2.46.